The molecule has 1 aliphatic heterocycles. The number of aromatic nitrogens is 12. The van der Waals surface area contributed by atoms with Gasteiger partial charge in [0, 0.05) is 69.5 Å². The van der Waals surface area contributed by atoms with Crippen molar-refractivity contribution in [2.24, 2.45) is 14.1 Å². The van der Waals surface area contributed by atoms with Gasteiger partial charge in [0.2, 0.25) is 24.6 Å². The van der Waals surface area contributed by atoms with Crippen LogP contribution in [-0.2, 0) is 59.9 Å². The van der Waals surface area contributed by atoms with Crippen LogP contribution in [0.5, 0.6) is 17.2 Å². The minimum Gasteiger partial charge on any atom is -0.496 e. The van der Waals surface area contributed by atoms with Gasteiger partial charge in [0.15, 0.2) is 45.0 Å². The van der Waals surface area contributed by atoms with Crippen molar-refractivity contribution in [3.8, 4) is 17.2 Å². The standard InChI is InChI=1S/C25H35N5O2.C23H30BrN5O3.C21H24ClN5O4/c1-5-14-29-22-21(23(31)28(6-2)25(29)32)30(16-19-13-12-17(3)18(4)15-19)24(27-22)26-20-10-8-7-9-11-20;1-4-27-20-19(21(30)28(5-2)23(27)31)29(14-15-11-12-18(32-3)17(24)13-15)22(26-20)25-16-9-7-6-8-10-16;1-25-18-17(19(28)26(2)21(25)29)27(20(24-18)23-13-6-4-3-5-7-13)10-12-8-15-16(9-14(12)22)31-11-30-15/h12-13,15,20H,5-11,14,16H2,1-4H3,(H,26,27);11-13,16H,4-10,14H2,1-3H3,(H,25,26);8-9,13H,3-7,10-11H2,1-2H3,(H,23,24). The van der Waals surface area contributed by atoms with Gasteiger partial charge in [-0.2, -0.15) is 15.0 Å². The smallest absolute Gasteiger partial charge is 0.332 e. The van der Waals surface area contributed by atoms with E-state index in [1.54, 1.807) is 29.4 Å². The zero-order valence-electron chi connectivity index (χ0n) is 56.1. The average molecular weight is 1390 g/mol. The van der Waals surface area contributed by atoms with Crippen molar-refractivity contribution in [1.29, 1.82) is 0 Å². The van der Waals surface area contributed by atoms with Crippen molar-refractivity contribution >= 4 is 78.9 Å². The quantitative estimate of drug-likeness (QED) is 0.0723. The number of nitrogens with one attached hydrogen (secondary N) is 3. The van der Waals surface area contributed by atoms with E-state index in [1.165, 1.54) is 76.8 Å². The second-order valence-electron chi connectivity index (χ2n) is 25.5. The molecule has 508 valence electrons. The summed E-state index contributed by atoms with van der Waals surface area (Å²) in [6.45, 7) is 14.9. The van der Waals surface area contributed by atoms with Crippen molar-refractivity contribution in [2.45, 2.75) is 208 Å². The van der Waals surface area contributed by atoms with Crippen molar-refractivity contribution in [3.05, 3.63) is 148 Å². The number of benzene rings is 3. The van der Waals surface area contributed by atoms with Crippen LogP contribution >= 0.6 is 27.5 Å². The van der Waals surface area contributed by atoms with E-state index in [2.05, 4.69) is 68.9 Å². The molecule has 0 unspecified atom stereocenters. The Hall–Kier alpha value is -8.32. The first kappa shape index (κ1) is 68.1. The first-order valence-electron chi connectivity index (χ1n) is 33.8. The second kappa shape index (κ2) is 29.8. The molecule has 0 saturated heterocycles. The molecule has 3 aliphatic carbocycles. The highest BCUT2D eigenvalue weighted by Gasteiger charge is 2.28. The van der Waals surface area contributed by atoms with Gasteiger partial charge < -0.3 is 30.2 Å². The summed E-state index contributed by atoms with van der Waals surface area (Å²) in [6, 6.07) is 16.8. The first-order valence-corrected chi connectivity index (χ1v) is 34.9. The Kier molecular flexibility index (Phi) is 21.3. The van der Waals surface area contributed by atoms with Gasteiger partial charge in [0.1, 0.15) is 5.75 Å². The number of fused-ring (bicyclic) bond motifs is 4. The molecule has 24 nitrogen and oxygen atoms in total. The largest absolute Gasteiger partial charge is 0.496 e. The van der Waals surface area contributed by atoms with Crippen LogP contribution in [0.3, 0.4) is 0 Å². The van der Waals surface area contributed by atoms with E-state index in [0.29, 0.717) is 126 Å². The Morgan fingerprint density at radius 1 is 0.516 bits per heavy atom. The molecule has 95 heavy (non-hydrogen) atoms. The number of nitrogens with zero attached hydrogens (tertiary/aromatic N) is 12. The molecule has 0 bridgehead atoms. The molecular formula is C69H89BrClN15O9. The van der Waals surface area contributed by atoms with E-state index in [9.17, 15) is 28.8 Å². The molecule has 3 saturated carbocycles. The fourth-order valence-electron chi connectivity index (χ4n) is 13.7. The molecule has 9 aromatic rings. The van der Waals surface area contributed by atoms with Crippen LogP contribution in [0.25, 0.3) is 33.5 Å². The van der Waals surface area contributed by atoms with Gasteiger partial charge in [-0.25, -0.2) is 14.4 Å². The molecule has 0 radical (unpaired) electrons. The summed E-state index contributed by atoms with van der Waals surface area (Å²) in [5.74, 6) is 3.87. The summed E-state index contributed by atoms with van der Waals surface area (Å²) >= 11 is 10.1. The van der Waals surface area contributed by atoms with E-state index in [0.717, 1.165) is 89.3 Å². The Balaban J connectivity index is 0.000000145. The van der Waals surface area contributed by atoms with Gasteiger partial charge in [0.25, 0.3) is 16.7 Å². The predicted molar refractivity (Wildman–Crippen MR) is 377 cm³/mol. The third-order valence-corrected chi connectivity index (χ3v) is 20.1. The lowest BCUT2D eigenvalue weighted by molar-refractivity contribution is 0.174. The van der Waals surface area contributed by atoms with Crippen molar-refractivity contribution in [3.63, 3.8) is 0 Å². The Labute approximate surface area is 564 Å². The normalized spacial score (nSPS) is 15.3. The molecule has 6 aromatic heterocycles. The number of hydrogen-bond donors (Lipinski definition) is 3. The van der Waals surface area contributed by atoms with E-state index in [-0.39, 0.29) is 40.9 Å². The molecule has 26 heteroatoms. The lowest BCUT2D eigenvalue weighted by Crippen LogP contribution is -2.40. The average Bonchev–Trinajstić information content (AvgIpc) is 1.64. The zero-order valence-corrected chi connectivity index (χ0v) is 58.5. The highest BCUT2D eigenvalue weighted by Crippen LogP contribution is 2.38. The molecule has 3 fully saturated rings. The van der Waals surface area contributed by atoms with Crippen LogP contribution in [0, 0.1) is 13.8 Å². The predicted octanol–water partition coefficient (Wildman–Crippen LogP) is 10.8. The summed E-state index contributed by atoms with van der Waals surface area (Å²) in [6.07, 6.45) is 18.1. The molecule has 0 spiro atoms. The number of halogens is 2. The number of anilines is 3. The van der Waals surface area contributed by atoms with E-state index >= 15 is 0 Å². The number of rotatable bonds is 18. The number of aryl methyl sites for hydroxylation is 5. The first-order chi connectivity index (χ1) is 45.9. The number of hydrogen-bond acceptors (Lipinski definition) is 15. The van der Waals surface area contributed by atoms with Crippen LogP contribution in [-0.4, -0.2) is 88.1 Å². The minimum atomic E-state index is -0.410. The third-order valence-electron chi connectivity index (χ3n) is 19.1. The summed E-state index contributed by atoms with van der Waals surface area (Å²) in [7, 11) is 4.73. The van der Waals surface area contributed by atoms with Crippen molar-refractivity contribution in [2.75, 3.05) is 29.9 Å². The van der Waals surface area contributed by atoms with Crippen molar-refractivity contribution < 1.29 is 14.2 Å². The lowest BCUT2D eigenvalue weighted by Gasteiger charge is -2.23. The van der Waals surface area contributed by atoms with Crippen LogP contribution < -0.4 is 63.9 Å². The SMILES string of the molecule is CCCn1c(=O)n(CC)c(=O)c2c1nc(NC1CCCCC1)n2Cc1ccc(C)c(C)c1.CCn1c(=O)c2c(nc(NC3CCCCC3)n2Cc2ccc(OC)c(Br)c2)n(CC)c1=O.Cn1c(=O)c2c(nc(NC3CCCCC3)n2Cc2cc3c(cc2Cl)OCO3)n(C)c1=O. The van der Waals surface area contributed by atoms with Gasteiger partial charge in [0.05, 0.1) is 31.2 Å². The maximum Gasteiger partial charge on any atom is 0.332 e. The topological polar surface area (TPSA) is 249 Å². The van der Waals surface area contributed by atoms with Gasteiger partial charge in [-0.1, -0.05) is 101 Å². The monoisotopic (exact) mass is 1390 g/mol. The Morgan fingerprint density at radius 3 is 1.45 bits per heavy atom. The van der Waals surface area contributed by atoms with Gasteiger partial charge in [-0.15, -0.1) is 0 Å². The fraction of sp³-hybridized carbons (Fsp3) is 0.522. The summed E-state index contributed by atoms with van der Waals surface area (Å²) in [5.41, 5.74) is 6.04. The maximum absolute atomic E-state index is 13.4. The van der Waals surface area contributed by atoms with E-state index in [1.807, 2.05) is 65.7 Å². The van der Waals surface area contributed by atoms with Crippen molar-refractivity contribution in [1.82, 2.24) is 56.1 Å². The zero-order chi connectivity index (χ0) is 67.4. The molecule has 4 aliphatic rings. The molecule has 3 aromatic carbocycles. The van der Waals surface area contributed by atoms with Gasteiger partial charge >= 0.3 is 17.1 Å². The van der Waals surface area contributed by atoms with E-state index < -0.39 is 5.69 Å². The lowest BCUT2D eigenvalue weighted by atomic mass is 9.96. The number of ether oxygens (including phenoxy) is 3. The summed E-state index contributed by atoms with van der Waals surface area (Å²) in [4.78, 5) is 92.6. The summed E-state index contributed by atoms with van der Waals surface area (Å²) < 4.78 is 31.2. The van der Waals surface area contributed by atoms with Gasteiger partial charge in [-0.05, 0) is 142 Å². The molecule has 0 amide bonds. The summed E-state index contributed by atoms with van der Waals surface area (Å²) in [5, 5.41) is 11.2. The Morgan fingerprint density at radius 2 is 0.968 bits per heavy atom. The maximum atomic E-state index is 13.4. The second-order valence-corrected chi connectivity index (χ2v) is 26.7. The van der Waals surface area contributed by atoms with Gasteiger partial charge in [-0.3, -0.25) is 55.5 Å². The van der Waals surface area contributed by atoms with Crippen LogP contribution in [0.1, 0.15) is 158 Å². The highest BCUT2D eigenvalue weighted by atomic mass is 79.9. The number of imidazole rings is 3. The molecule has 7 heterocycles. The van der Waals surface area contributed by atoms with E-state index in [4.69, 9.17) is 35.8 Å². The van der Waals surface area contributed by atoms with Crippen LogP contribution in [0.2, 0.25) is 5.02 Å². The molecule has 3 N–H and O–H groups in total. The Bertz CT molecular complexity index is 4680. The molecule has 13 rings (SSSR count). The number of methoxy groups -OCH3 is 1. The molecular weight excluding hydrogens is 1300 g/mol. The van der Waals surface area contributed by atoms with Crippen LogP contribution in [0.15, 0.2) is 81.8 Å². The molecule has 0 atom stereocenters. The highest BCUT2D eigenvalue weighted by molar-refractivity contribution is 9.10. The third kappa shape index (κ3) is 14.0. The van der Waals surface area contributed by atoms with Crippen LogP contribution in [0.4, 0.5) is 17.8 Å². The fourth-order valence-corrected chi connectivity index (χ4v) is 14.5. The minimum absolute atomic E-state index is 0.153.